The maximum absolute atomic E-state index is 5.54. The van der Waals surface area contributed by atoms with Crippen LogP contribution in [-0.4, -0.2) is 37.2 Å². The molecule has 2 atom stereocenters. The molecule has 2 unspecified atom stereocenters. The van der Waals surface area contributed by atoms with Crippen LogP contribution in [0.5, 0.6) is 5.75 Å². The molecule has 3 heteroatoms. The third kappa shape index (κ3) is 3.50. The van der Waals surface area contributed by atoms with Gasteiger partial charge in [-0.25, -0.2) is 0 Å². The van der Waals surface area contributed by atoms with E-state index in [4.69, 9.17) is 4.74 Å². The van der Waals surface area contributed by atoms with Gasteiger partial charge in [-0.3, -0.25) is 4.90 Å². The first-order chi connectivity index (χ1) is 11.2. The molecule has 0 amide bonds. The first kappa shape index (κ1) is 15.9. The van der Waals surface area contributed by atoms with Gasteiger partial charge in [0.1, 0.15) is 5.75 Å². The molecule has 0 aromatic heterocycles. The highest BCUT2D eigenvalue weighted by molar-refractivity contribution is 5.59. The minimum atomic E-state index is 0.504. The Hall–Kier alpha value is -2.00. The van der Waals surface area contributed by atoms with Crippen LogP contribution in [0.3, 0.4) is 0 Å². The topological polar surface area (TPSA) is 15.7 Å². The van der Waals surface area contributed by atoms with E-state index in [9.17, 15) is 0 Å². The summed E-state index contributed by atoms with van der Waals surface area (Å²) in [5.74, 6) is 0.961. The Morgan fingerprint density at radius 1 is 0.913 bits per heavy atom. The number of para-hydroxylation sites is 2. The van der Waals surface area contributed by atoms with Gasteiger partial charge < -0.3 is 9.64 Å². The number of hydrogen-bond donors (Lipinski definition) is 0. The van der Waals surface area contributed by atoms with Crippen LogP contribution < -0.4 is 9.64 Å². The number of anilines is 1. The third-order valence-electron chi connectivity index (χ3n) is 4.74. The summed E-state index contributed by atoms with van der Waals surface area (Å²) in [7, 11) is 1.75. The van der Waals surface area contributed by atoms with Crippen LogP contribution in [0.25, 0.3) is 0 Å². The van der Waals surface area contributed by atoms with Crippen LogP contribution in [0, 0.1) is 0 Å². The Bertz CT molecular complexity index is 617. The zero-order chi connectivity index (χ0) is 16.2. The van der Waals surface area contributed by atoms with E-state index in [2.05, 4.69) is 66.1 Å². The smallest absolute Gasteiger partial charge is 0.142 e. The first-order valence-corrected chi connectivity index (χ1v) is 8.36. The Balaban J connectivity index is 1.74. The highest BCUT2D eigenvalue weighted by Gasteiger charge is 2.30. The lowest BCUT2D eigenvalue weighted by molar-refractivity contribution is 0.123. The maximum Gasteiger partial charge on any atom is 0.142 e. The first-order valence-electron chi connectivity index (χ1n) is 8.36. The van der Waals surface area contributed by atoms with Crippen molar-refractivity contribution in [1.29, 1.82) is 0 Å². The minimum absolute atomic E-state index is 0.504. The summed E-state index contributed by atoms with van der Waals surface area (Å²) in [6.45, 7) is 7.71. The largest absolute Gasteiger partial charge is 0.495 e. The van der Waals surface area contributed by atoms with Gasteiger partial charge in [0.2, 0.25) is 0 Å². The lowest BCUT2D eigenvalue weighted by atomic mass is 10.0. The second-order valence-corrected chi connectivity index (χ2v) is 6.43. The van der Waals surface area contributed by atoms with Crippen molar-refractivity contribution in [2.75, 3.05) is 25.1 Å². The van der Waals surface area contributed by atoms with Gasteiger partial charge in [-0.15, -0.1) is 0 Å². The predicted octanol–water partition coefficient (Wildman–Crippen LogP) is 3.79. The number of piperazine rings is 1. The van der Waals surface area contributed by atoms with Crippen LogP contribution in [0.15, 0.2) is 54.6 Å². The molecular weight excluding hydrogens is 284 g/mol. The maximum atomic E-state index is 5.54. The molecule has 1 aliphatic heterocycles. The molecule has 1 heterocycles. The van der Waals surface area contributed by atoms with Crippen molar-refractivity contribution in [3.63, 3.8) is 0 Å². The molecule has 122 valence electrons. The van der Waals surface area contributed by atoms with E-state index in [1.54, 1.807) is 7.11 Å². The van der Waals surface area contributed by atoms with Crippen molar-refractivity contribution in [1.82, 2.24) is 4.90 Å². The molecule has 0 N–H and O–H groups in total. The number of rotatable bonds is 4. The van der Waals surface area contributed by atoms with E-state index in [1.165, 1.54) is 11.3 Å². The SMILES string of the molecule is COc1ccccc1N1CC(C)N(Cc2ccccc2)C(C)C1. The molecule has 1 fully saturated rings. The Labute approximate surface area is 139 Å². The van der Waals surface area contributed by atoms with Gasteiger partial charge in [-0.2, -0.15) is 0 Å². The van der Waals surface area contributed by atoms with Gasteiger partial charge in [0, 0.05) is 31.7 Å². The van der Waals surface area contributed by atoms with E-state index in [0.717, 1.165) is 25.4 Å². The fraction of sp³-hybridized carbons (Fsp3) is 0.400. The van der Waals surface area contributed by atoms with Crippen molar-refractivity contribution in [3.8, 4) is 5.75 Å². The van der Waals surface area contributed by atoms with Crippen LogP contribution in [0.4, 0.5) is 5.69 Å². The number of benzene rings is 2. The molecule has 23 heavy (non-hydrogen) atoms. The monoisotopic (exact) mass is 310 g/mol. The molecule has 0 aliphatic carbocycles. The lowest BCUT2D eigenvalue weighted by Gasteiger charge is -2.45. The average Bonchev–Trinajstić information content (AvgIpc) is 2.59. The van der Waals surface area contributed by atoms with Gasteiger partial charge >= 0.3 is 0 Å². The zero-order valence-electron chi connectivity index (χ0n) is 14.3. The second kappa shape index (κ2) is 7.05. The van der Waals surface area contributed by atoms with Gasteiger partial charge in [-0.1, -0.05) is 42.5 Å². The quantitative estimate of drug-likeness (QED) is 0.854. The van der Waals surface area contributed by atoms with Crippen molar-refractivity contribution in [2.45, 2.75) is 32.5 Å². The van der Waals surface area contributed by atoms with Gasteiger partial charge in [0.25, 0.3) is 0 Å². The summed E-state index contributed by atoms with van der Waals surface area (Å²) in [4.78, 5) is 5.05. The molecule has 3 rings (SSSR count). The fourth-order valence-corrected chi connectivity index (χ4v) is 3.55. The Morgan fingerprint density at radius 2 is 1.52 bits per heavy atom. The van der Waals surface area contributed by atoms with Crippen molar-refractivity contribution in [2.24, 2.45) is 0 Å². The summed E-state index contributed by atoms with van der Waals surface area (Å²) < 4.78 is 5.54. The van der Waals surface area contributed by atoms with Gasteiger partial charge in [0.05, 0.1) is 12.8 Å². The lowest BCUT2D eigenvalue weighted by Crippen LogP contribution is -2.56. The molecule has 0 spiro atoms. The highest BCUT2D eigenvalue weighted by Crippen LogP contribution is 2.31. The normalized spacial score (nSPS) is 22.1. The molecule has 0 radical (unpaired) electrons. The Kier molecular flexibility index (Phi) is 4.87. The number of ether oxygens (including phenoxy) is 1. The van der Waals surface area contributed by atoms with Crippen LogP contribution >= 0.6 is 0 Å². The molecule has 1 saturated heterocycles. The summed E-state index contributed by atoms with van der Waals surface area (Å²) in [6.07, 6.45) is 0. The van der Waals surface area contributed by atoms with Gasteiger partial charge in [0.15, 0.2) is 0 Å². The number of nitrogens with zero attached hydrogens (tertiary/aromatic N) is 2. The van der Waals surface area contributed by atoms with Crippen LogP contribution in [0.1, 0.15) is 19.4 Å². The van der Waals surface area contributed by atoms with Crippen LogP contribution in [-0.2, 0) is 6.54 Å². The molecule has 2 aromatic rings. The third-order valence-corrected chi connectivity index (χ3v) is 4.74. The molecular formula is C20H26N2O. The molecule has 1 aliphatic rings. The molecule has 3 nitrogen and oxygen atoms in total. The van der Waals surface area contributed by atoms with E-state index in [1.807, 2.05) is 12.1 Å². The molecule has 2 aromatic carbocycles. The summed E-state index contributed by atoms with van der Waals surface area (Å²) in [6, 6.07) is 20.1. The van der Waals surface area contributed by atoms with E-state index >= 15 is 0 Å². The summed E-state index contributed by atoms with van der Waals surface area (Å²) in [5.41, 5.74) is 2.59. The van der Waals surface area contributed by atoms with Crippen LogP contribution in [0.2, 0.25) is 0 Å². The van der Waals surface area contributed by atoms with Crippen molar-refractivity contribution < 1.29 is 4.74 Å². The standard InChI is InChI=1S/C20H26N2O/c1-16-13-21(19-11-7-8-12-20(19)23-3)14-17(2)22(16)15-18-9-5-4-6-10-18/h4-12,16-17H,13-15H2,1-3H3. The van der Waals surface area contributed by atoms with E-state index in [0.29, 0.717) is 12.1 Å². The highest BCUT2D eigenvalue weighted by atomic mass is 16.5. The van der Waals surface area contributed by atoms with Gasteiger partial charge in [-0.05, 0) is 31.5 Å². The van der Waals surface area contributed by atoms with E-state index < -0.39 is 0 Å². The van der Waals surface area contributed by atoms with E-state index in [-0.39, 0.29) is 0 Å². The Morgan fingerprint density at radius 3 is 2.17 bits per heavy atom. The average molecular weight is 310 g/mol. The second-order valence-electron chi connectivity index (χ2n) is 6.43. The fourth-order valence-electron chi connectivity index (χ4n) is 3.55. The summed E-state index contributed by atoms with van der Waals surface area (Å²) in [5, 5.41) is 0. The number of methoxy groups -OCH3 is 1. The minimum Gasteiger partial charge on any atom is -0.495 e. The number of hydrogen-bond acceptors (Lipinski definition) is 3. The molecule has 0 bridgehead atoms. The predicted molar refractivity (Wildman–Crippen MR) is 96.1 cm³/mol. The van der Waals surface area contributed by atoms with Crippen molar-refractivity contribution >= 4 is 5.69 Å². The summed E-state index contributed by atoms with van der Waals surface area (Å²) >= 11 is 0. The van der Waals surface area contributed by atoms with Crippen molar-refractivity contribution in [3.05, 3.63) is 60.2 Å². The molecule has 0 saturated carbocycles. The zero-order valence-corrected chi connectivity index (χ0v) is 14.3.